The third-order valence-corrected chi connectivity index (χ3v) is 3.81. The summed E-state index contributed by atoms with van der Waals surface area (Å²) in [6.07, 6.45) is 2.47. The molecule has 0 saturated heterocycles. The van der Waals surface area contributed by atoms with Crippen molar-refractivity contribution in [3.8, 4) is 11.5 Å². The van der Waals surface area contributed by atoms with E-state index in [1.165, 1.54) is 12.1 Å². The smallest absolute Gasteiger partial charge is 0.286 e. The molecule has 2 amide bonds. The van der Waals surface area contributed by atoms with Crippen LogP contribution < -0.4 is 20.3 Å². The molecule has 0 saturated carbocycles. The van der Waals surface area contributed by atoms with Crippen molar-refractivity contribution in [1.82, 2.24) is 15.4 Å². The minimum atomic E-state index is -0.505. The predicted molar refractivity (Wildman–Crippen MR) is 87.4 cm³/mol. The largest absolute Gasteiger partial charge is 0.489 e. The zero-order valence-electron chi connectivity index (χ0n) is 13.0. The summed E-state index contributed by atoms with van der Waals surface area (Å²) in [5.74, 6) is -0.0797. The minimum Gasteiger partial charge on any atom is -0.489 e. The van der Waals surface area contributed by atoms with E-state index in [-0.39, 0.29) is 10.6 Å². The van der Waals surface area contributed by atoms with Crippen LogP contribution in [0.1, 0.15) is 27.3 Å². The summed E-state index contributed by atoms with van der Waals surface area (Å²) in [5, 5.41) is 0.285. The lowest BCUT2D eigenvalue weighted by molar-refractivity contribution is 0.0842. The van der Waals surface area contributed by atoms with Gasteiger partial charge in [0.25, 0.3) is 11.8 Å². The highest BCUT2D eigenvalue weighted by Gasteiger charge is 2.19. The minimum absolute atomic E-state index is 0.261. The van der Waals surface area contributed by atoms with Crippen LogP contribution in [0.4, 0.5) is 0 Å². The number of hydrogen-bond donors (Lipinski definition) is 2. The van der Waals surface area contributed by atoms with Gasteiger partial charge in [-0.2, -0.15) is 0 Å². The van der Waals surface area contributed by atoms with Gasteiger partial charge in [-0.3, -0.25) is 20.4 Å². The van der Waals surface area contributed by atoms with Gasteiger partial charge in [0.2, 0.25) is 0 Å². The van der Waals surface area contributed by atoms with Crippen LogP contribution in [0.2, 0.25) is 5.02 Å². The van der Waals surface area contributed by atoms with Crippen molar-refractivity contribution in [2.75, 3.05) is 13.2 Å². The van der Waals surface area contributed by atoms with Crippen molar-refractivity contribution in [3.05, 3.63) is 46.7 Å². The van der Waals surface area contributed by atoms with Crippen LogP contribution in [0.15, 0.2) is 30.5 Å². The second-order valence-corrected chi connectivity index (χ2v) is 5.66. The van der Waals surface area contributed by atoms with Crippen molar-refractivity contribution < 1.29 is 19.1 Å². The fourth-order valence-corrected chi connectivity index (χ4v) is 2.57. The Kier molecular flexibility index (Phi) is 4.61. The SMILES string of the molecule is Cn1cccc1C(=O)NNC(=O)c1cc(Cl)c2c(c1)OCCCO2. The lowest BCUT2D eigenvalue weighted by Crippen LogP contribution is -2.42. The molecule has 126 valence electrons. The number of aryl methyl sites for hydroxylation is 1. The van der Waals surface area contributed by atoms with Crippen LogP contribution in [-0.4, -0.2) is 29.6 Å². The Morgan fingerprint density at radius 2 is 1.92 bits per heavy atom. The summed E-state index contributed by atoms with van der Waals surface area (Å²) in [4.78, 5) is 24.2. The summed E-state index contributed by atoms with van der Waals surface area (Å²) in [6, 6.07) is 6.39. The number of aromatic nitrogens is 1. The third kappa shape index (κ3) is 3.30. The highest BCUT2D eigenvalue weighted by molar-refractivity contribution is 6.32. The first-order valence-electron chi connectivity index (χ1n) is 7.37. The maximum absolute atomic E-state index is 12.2. The molecule has 8 heteroatoms. The van der Waals surface area contributed by atoms with Crippen molar-refractivity contribution in [2.45, 2.75) is 6.42 Å². The van der Waals surface area contributed by atoms with Crippen LogP contribution in [0.3, 0.4) is 0 Å². The number of rotatable bonds is 2. The Morgan fingerprint density at radius 1 is 1.17 bits per heavy atom. The highest BCUT2D eigenvalue weighted by Crippen LogP contribution is 2.37. The van der Waals surface area contributed by atoms with Gasteiger partial charge in [-0.1, -0.05) is 11.6 Å². The summed E-state index contributed by atoms with van der Waals surface area (Å²) < 4.78 is 12.7. The van der Waals surface area contributed by atoms with Crippen molar-refractivity contribution in [2.24, 2.45) is 7.05 Å². The quantitative estimate of drug-likeness (QED) is 0.811. The van der Waals surface area contributed by atoms with E-state index in [2.05, 4.69) is 10.9 Å². The molecule has 1 aromatic heterocycles. The van der Waals surface area contributed by atoms with Gasteiger partial charge in [0.1, 0.15) is 5.69 Å². The molecule has 1 aromatic carbocycles. The Labute approximate surface area is 143 Å². The molecule has 0 radical (unpaired) electrons. The van der Waals surface area contributed by atoms with Gasteiger partial charge in [-0.05, 0) is 24.3 Å². The number of carbonyl (C=O) groups excluding carboxylic acids is 2. The lowest BCUT2D eigenvalue weighted by Gasteiger charge is -2.12. The summed E-state index contributed by atoms with van der Waals surface area (Å²) >= 11 is 6.15. The molecule has 0 aliphatic carbocycles. The zero-order valence-corrected chi connectivity index (χ0v) is 13.7. The van der Waals surface area contributed by atoms with Crippen LogP contribution >= 0.6 is 11.6 Å². The Balaban J connectivity index is 1.71. The van der Waals surface area contributed by atoms with Gasteiger partial charge < -0.3 is 14.0 Å². The average Bonchev–Trinajstić information content (AvgIpc) is 2.84. The van der Waals surface area contributed by atoms with Crippen LogP contribution in [0.25, 0.3) is 0 Å². The van der Waals surface area contributed by atoms with E-state index in [9.17, 15) is 9.59 Å². The van der Waals surface area contributed by atoms with Gasteiger partial charge in [0, 0.05) is 25.2 Å². The van der Waals surface area contributed by atoms with E-state index in [4.69, 9.17) is 21.1 Å². The van der Waals surface area contributed by atoms with E-state index in [1.807, 2.05) is 0 Å². The van der Waals surface area contributed by atoms with Gasteiger partial charge >= 0.3 is 0 Å². The Hall–Kier alpha value is -2.67. The molecule has 0 bridgehead atoms. The molecule has 0 unspecified atom stereocenters. The summed E-state index contributed by atoms with van der Waals surface area (Å²) in [6.45, 7) is 0.990. The Bertz CT molecular complexity index is 788. The number of nitrogens with zero attached hydrogens (tertiary/aromatic N) is 1. The van der Waals surface area contributed by atoms with E-state index in [0.29, 0.717) is 30.4 Å². The number of hydrazine groups is 1. The maximum Gasteiger partial charge on any atom is 0.286 e. The molecule has 7 nitrogen and oxygen atoms in total. The first-order chi connectivity index (χ1) is 11.6. The molecule has 24 heavy (non-hydrogen) atoms. The van der Waals surface area contributed by atoms with Gasteiger partial charge in [0.05, 0.1) is 18.2 Å². The third-order valence-electron chi connectivity index (χ3n) is 3.53. The number of ether oxygens (including phenoxy) is 2. The first-order valence-corrected chi connectivity index (χ1v) is 7.75. The number of carbonyl (C=O) groups is 2. The normalized spacial score (nSPS) is 13.1. The molecule has 2 aromatic rings. The second kappa shape index (κ2) is 6.84. The van der Waals surface area contributed by atoms with E-state index in [1.54, 1.807) is 29.9 Å². The molecular formula is C16H16ClN3O4. The number of hydrogen-bond acceptors (Lipinski definition) is 4. The molecular weight excluding hydrogens is 334 g/mol. The van der Waals surface area contributed by atoms with Crippen molar-refractivity contribution >= 4 is 23.4 Å². The van der Waals surface area contributed by atoms with Crippen LogP contribution in [0, 0.1) is 0 Å². The molecule has 1 aliphatic heterocycles. The zero-order chi connectivity index (χ0) is 17.1. The topological polar surface area (TPSA) is 81.6 Å². The second-order valence-electron chi connectivity index (χ2n) is 5.25. The monoisotopic (exact) mass is 349 g/mol. The number of halogens is 1. The maximum atomic E-state index is 12.2. The van der Waals surface area contributed by atoms with Crippen LogP contribution in [0.5, 0.6) is 11.5 Å². The molecule has 2 heterocycles. The summed E-state index contributed by atoms with van der Waals surface area (Å²) in [5.41, 5.74) is 5.40. The van der Waals surface area contributed by atoms with Gasteiger partial charge in [0.15, 0.2) is 11.5 Å². The standard InChI is InChI=1S/C16H16ClN3O4/c1-20-5-2-4-12(20)16(22)19-18-15(21)10-8-11(17)14-13(9-10)23-6-3-7-24-14/h2,4-5,8-9H,3,6-7H2,1H3,(H,18,21)(H,19,22). The fraction of sp³-hybridized carbons (Fsp3) is 0.250. The number of nitrogens with one attached hydrogen (secondary N) is 2. The number of fused-ring (bicyclic) bond motifs is 1. The number of benzene rings is 1. The molecule has 0 atom stereocenters. The average molecular weight is 350 g/mol. The van der Waals surface area contributed by atoms with Gasteiger partial charge in [-0.25, -0.2) is 0 Å². The fourth-order valence-electron chi connectivity index (χ4n) is 2.31. The summed E-state index contributed by atoms with van der Waals surface area (Å²) in [7, 11) is 1.74. The lowest BCUT2D eigenvalue weighted by atomic mass is 10.2. The number of amides is 2. The van der Waals surface area contributed by atoms with E-state index in [0.717, 1.165) is 6.42 Å². The Morgan fingerprint density at radius 3 is 2.67 bits per heavy atom. The van der Waals surface area contributed by atoms with Gasteiger partial charge in [-0.15, -0.1) is 0 Å². The van der Waals surface area contributed by atoms with Crippen LogP contribution in [-0.2, 0) is 7.05 Å². The highest BCUT2D eigenvalue weighted by atomic mass is 35.5. The molecule has 3 rings (SSSR count). The van der Waals surface area contributed by atoms with E-state index < -0.39 is 11.8 Å². The van der Waals surface area contributed by atoms with E-state index >= 15 is 0 Å². The molecule has 0 fully saturated rings. The first kappa shape index (κ1) is 16.2. The predicted octanol–water partition coefficient (Wildman–Crippen LogP) is 1.91. The van der Waals surface area contributed by atoms with Crippen molar-refractivity contribution in [3.63, 3.8) is 0 Å². The molecule has 1 aliphatic rings. The van der Waals surface area contributed by atoms with Crippen molar-refractivity contribution in [1.29, 1.82) is 0 Å². The molecule has 0 spiro atoms. The molecule has 2 N–H and O–H groups in total.